The first-order chi connectivity index (χ1) is 6.24. The summed E-state index contributed by atoms with van der Waals surface area (Å²) in [6.45, 7) is 0.725. The lowest BCUT2D eigenvalue weighted by molar-refractivity contribution is -0.120. The van der Waals surface area contributed by atoms with Crippen molar-refractivity contribution in [2.45, 2.75) is 31.7 Å². The van der Waals surface area contributed by atoms with Gasteiger partial charge in [0.1, 0.15) is 6.04 Å². The van der Waals surface area contributed by atoms with Crippen molar-refractivity contribution in [2.24, 2.45) is 5.73 Å². The van der Waals surface area contributed by atoms with Gasteiger partial charge >= 0.3 is 0 Å². The summed E-state index contributed by atoms with van der Waals surface area (Å²) in [6, 6.07) is -0.120. The van der Waals surface area contributed by atoms with E-state index < -0.39 is 0 Å². The zero-order valence-corrected chi connectivity index (χ0v) is 8.32. The van der Waals surface area contributed by atoms with E-state index in [4.69, 9.17) is 18.0 Å². The molecule has 0 radical (unpaired) electrons. The molecular formula is C8H15N3OS. The number of hydrogen-bond donors (Lipinski definition) is 3. The second-order valence-corrected chi connectivity index (χ2v) is 3.56. The molecule has 1 atom stereocenters. The average Bonchev–Trinajstić information content (AvgIpc) is 2.39. The first-order valence-corrected chi connectivity index (χ1v) is 4.96. The van der Waals surface area contributed by atoms with E-state index in [1.807, 2.05) is 0 Å². The van der Waals surface area contributed by atoms with Gasteiger partial charge in [-0.2, -0.15) is 0 Å². The number of hydrogen-bond acceptors (Lipinski definition) is 3. The van der Waals surface area contributed by atoms with E-state index in [-0.39, 0.29) is 11.9 Å². The third-order valence-electron chi connectivity index (χ3n) is 2.06. The quantitative estimate of drug-likeness (QED) is 0.428. The van der Waals surface area contributed by atoms with Crippen LogP contribution in [-0.2, 0) is 4.79 Å². The van der Waals surface area contributed by atoms with Crippen molar-refractivity contribution in [1.29, 1.82) is 0 Å². The third-order valence-corrected chi connectivity index (χ3v) is 2.28. The number of amides is 1. The van der Waals surface area contributed by atoms with Crippen molar-refractivity contribution < 1.29 is 4.79 Å². The molecule has 0 aliphatic carbocycles. The molecule has 1 fully saturated rings. The van der Waals surface area contributed by atoms with E-state index >= 15 is 0 Å². The molecular weight excluding hydrogens is 186 g/mol. The van der Waals surface area contributed by atoms with Gasteiger partial charge in [-0.15, -0.1) is 0 Å². The van der Waals surface area contributed by atoms with Gasteiger partial charge in [0, 0.05) is 0 Å². The number of thiocarbonyl (C=S) groups is 1. The molecule has 0 aromatic carbocycles. The molecule has 4 nitrogen and oxygen atoms in total. The Morgan fingerprint density at radius 2 is 2.15 bits per heavy atom. The van der Waals surface area contributed by atoms with Crippen LogP contribution in [0.1, 0.15) is 25.7 Å². The molecule has 1 unspecified atom stereocenters. The lowest BCUT2D eigenvalue weighted by Gasteiger charge is -2.06. The van der Waals surface area contributed by atoms with Crippen molar-refractivity contribution in [3.8, 4) is 0 Å². The fourth-order valence-corrected chi connectivity index (χ4v) is 1.57. The molecule has 1 saturated heterocycles. The number of nitrogens with two attached hydrogens (primary N) is 1. The zero-order valence-electron chi connectivity index (χ0n) is 7.51. The maximum absolute atomic E-state index is 11.2. The van der Waals surface area contributed by atoms with Gasteiger partial charge in [-0.25, -0.2) is 0 Å². The second-order valence-electron chi connectivity index (χ2n) is 3.15. The van der Waals surface area contributed by atoms with E-state index in [9.17, 15) is 4.79 Å². The van der Waals surface area contributed by atoms with Crippen LogP contribution in [0, 0.1) is 0 Å². The summed E-state index contributed by atoms with van der Waals surface area (Å²) in [7, 11) is 0. The summed E-state index contributed by atoms with van der Waals surface area (Å²) < 4.78 is 0. The van der Waals surface area contributed by atoms with Gasteiger partial charge in [-0.05, 0) is 31.6 Å². The molecule has 13 heavy (non-hydrogen) atoms. The summed E-state index contributed by atoms with van der Waals surface area (Å²) >= 11 is 4.81. The van der Waals surface area contributed by atoms with Crippen molar-refractivity contribution in [3.05, 3.63) is 0 Å². The van der Waals surface area contributed by atoms with Gasteiger partial charge in [0.05, 0.1) is 0 Å². The van der Waals surface area contributed by atoms with Gasteiger partial charge in [0.15, 0.2) is 5.11 Å². The summed E-state index contributed by atoms with van der Waals surface area (Å²) in [5.74, 6) is -0.00208. The molecule has 4 N–H and O–H groups in total. The fraction of sp³-hybridized carbons (Fsp3) is 0.750. The topological polar surface area (TPSA) is 67.2 Å². The van der Waals surface area contributed by atoms with Crippen molar-refractivity contribution in [1.82, 2.24) is 10.6 Å². The SMILES string of the molecule is NCCCCCC1NC(=S)NC1=O. The Kier molecular flexibility index (Phi) is 4.11. The van der Waals surface area contributed by atoms with Gasteiger partial charge in [-0.1, -0.05) is 12.8 Å². The van der Waals surface area contributed by atoms with Crippen LogP contribution < -0.4 is 16.4 Å². The predicted octanol–water partition coefficient (Wildman–Crippen LogP) is -0.122. The van der Waals surface area contributed by atoms with E-state index in [1.165, 1.54) is 0 Å². The van der Waals surface area contributed by atoms with Crippen LogP contribution in [0.2, 0.25) is 0 Å². The normalized spacial score (nSPS) is 21.5. The fourth-order valence-electron chi connectivity index (χ4n) is 1.33. The Morgan fingerprint density at radius 1 is 1.38 bits per heavy atom. The Balaban J connectivity index is 2.14. The highest BCUT2D eigenvalue weighted by molar-refractivity contribution is 7.80. The van der Waals surface area contributed by atoms with Crippen LogP contribution in [0.25, 0.3) is 0 Å². The van der Waals surface area contributed by atoms with Crippen molar-refractivity contribution in [3.63, 3.8) is 0 Å². The summed E-state index contributed by atoms with van der Waals surface area (Å²) in [5, 5.41) is 5.94. The molecule has 0 bridgehead atoms. The number of carbonyl (C=O) groups excluding carboxylic acids is 1. The minimum Gasteiger partial charge on any atom is -0.351 e. The summed E-state index contributed by atoms with van der Waals surface area (Å²) in [6.07, 6.45) is 3.96. The molecule has 1 amide bonds. The van der Waals surface area contributed by atoms with E-state index in [2.05, 4.69) is 10.6 Å². The first-order valence-electron chi connectivity index (χ1n) is 4.55. The Bertz CT molecular complexity index is 208. The standard InChI is InChI=1S/C8H15N3OS/c9-5-3-1-2-4-6-7(12)11-8(13)10-6/h6H,1-5,9H2,(H2,10,11,12,13). The highest BCUT2D eigenvalue weighted by atomic mass is 32.1. The predicted molar refractivity (Wildman–Crippen MR) is 55.2 cm³/mol. The molecule has 1 heterocycles. The third kappa shape index (κ3) is 3.28. The van der Waals surface area contributed by atoms with E-state index in [1.54, 1.807) is 0 Å². The molecule has 0 saturated carbocycles. The average molecular weight is 201 g/mol. The van der Waals surface area contributed by atoms with Gasteiger partial charge in [0.2, 0.25) is 5.91 Å². The summed E-state index contributed by atoms with van der Waals surface area (Å²) in [4.78, 5) is 11.2. The van der Waals surface area contributed by atoms with Crippen molar-refractivity contribution >= 4 is 23.2 Å². The molecule has 1 rings (SSSR count). The smallest absolute Gasteiger partial charge is 0.248 e. The minimum atomic E-state index is -0.120. The van der Waals surface area contributed by atoms with Gasteiger partial charge in [-0.3, -0.25) is 4.79 Å². The molecule has 5 heteroatoms. The van der Waals surface area contributed by atoms with Gasteiger partial charge in [0.25, 0.3) is 0 Å². The maximum atomic E-state index is 11.2. The monoisotopic (exact) mass is 201 g/mol. The largest absolute Gasteiger partial charge is 0.351 e. The van der Waals surface area contributed by atoms with Crippen LogP contribution >= 0.6 is 12.2 Å². The highest BCUT2D eigenvalue weighted by Gasteiger charge is 2.25. The van der Waals surface area contributed by atoms with Crippen LogP contribution in [0.5, 0.6) is 0 Å². The van der Waals surface area contributed by atoms with Crippen LogP contribution in [-0.4, -0.2) is 23.6 Å². The van der Waals surface area contributed by atoms with Crippen LogP contribution in [0.3, 0.4) is 0 Å². The number of nitrogens with one attached hydrogen (secondary N) is 2. The van der Waals surface area contributed by atoms with Gasteiger partial charge < -0.3 is 16.4 Å². The zero-order chi connectivity index (χ0) is 9.68. The first kappa shape index (κ1) is 10.4. The maximum Gasteiger partial charge on any atom is 0.248 e. The Morgan fingerprint density at radius 3 is 2.69 bits per heavy atom. The molecule has 0 aromatic rings. The van der Waals surface area contributed by atoms with Crippen LogP contribution in [0.15, 0.2) is 0 Å². The minimum absolute atomic E-state index is 0.00208. The molecule has 0 aromatic heterocycles. The summed E-state index contributed by atoms with van der Waals surface area (Å²) in [5.41, 5.74) is 5.36. The lowest BCUT2D eigenvalue weighted by atomic mass is 10.1. The molecule has 0 spiro atoms. The van der Waals surface area contributed by atoms with E-state index in [0.717, 1.165) is 32.2 Å². The molecule has 1 aliphatic heterocycles. The second kappa shape index (κ2) is 5.14. The van der Waals surface area contributed by atoms with E-state index in [0.29, 0.717) is 5.11 Å². The van der Waals surface area contributed by atoms with Crippen molar-refractivity contribution in [2.75, 3.05) is 6.54 Å². The Labute approximate surface area is 83.2 Å². The molecule has 74 valence electrons. The number of carbonyl (C=O) groups is 1. The van der Waals surface area contributed by atoms with Crippen LogP contribution in [0.4, 0.5) is 0 Å². The number of unbranched alkanes of at least 4 members (excludes halogenated alkanes) is 2. The lowest BCUT2D eigenvalue weighted by Crippen LogP contribution is -2.28. The molecule has 1 aliphatic rings. The number of rotatable bonds is 5. The highest BCUT2D eigenvalue weighted by Crippen LogP contribution is 2.06. The Hall–Kier alpha value is -0.680.